The number of hydrogen-bond acceptors (Lipinski definition) is 4. The number of piperidine rings is 1. The minimum atomic E-state index is -0.823. The summed E-state index contributed by atoms with van der Waals surface area (Å²) >= 11 is 0. The monoisotopic (exact) mass is 280 g/mol. The van der Waals surface area contributed by atoms with Crippen molar-refractivity contribution in [3.8, 4) is 0 Å². The van der Waals surface area contributed by atoms with E-state index in [2.05, 4.69) is 5.16 Å². The van der Waals surface area contributed by atoms with Crippen molar-refractivity contribution in [2.45, 2.75) is 39.5 Å². The number of amides is 1. The smallest absolute Gasteiger partial charge is 0.311 e. The van der Waals surface area contributed by atoms with Gasteiger partial charge in [0.25, 0.3) is 5.91 Å². The molecule has 110 valence electrons. The van der Waals surface area contributed by atoms with E-state index >= 15 is 0 Å². The van der Waals surface area contributed by atoms with Crippen molar-refractivity contribution in [1.29, 1.82) is 0 Å². The minimum Gasteiger partial charge on any atom is -0.481 e. The van der Waals surface area contributed by atoms with Crippen molar-refractivity contribution >= 4 is 11.9 Å². The van der Waals surface area contributed by atoms with Crippen LogP contribution in [0.4, 0.5) is 0 Å². The predicted molar refractivity (Wildman–Crippen MR) is 71.4 cm³/mol. The number of aromatic nitrogens is 1. The third kappa shape index (κ3) is 2.55. The second-order valence-electron chi connectivity index (χ2n) is 5.50. The number of rotatable bonds is 4. The summed E-state index contributed by atoms with van der Waals surface area (Å²) in [6.45, 7) is 4.53. The molecule has 1 aromatic heterocycles. The molecule has 6 nitrogen and oxygen atoms in total. The number of carboxylic acids is 1. The van der Waals surface area contributed by atoms with Gasteiger partial charge < -0.3 is 14.5 Å². The topological polar surface area (TPSA) is 83.6 Å². The van der Waals surface area contributed by atoms with Crippen LogP contribution < -0.4 is 0 Å². The Morgan fingerprint density at radius 2 is 2.30 bits per heavy atom. The largest absolute Gasteiger partial charge is 0.481 e. The lowest BCUT2D eigenvalue weighted by Gasteiger charge is -2.39. The fourth-order valence-corrected chi connectivity index (χ4v) is 2.91. The van der Waals surface area contributed by atoms with Crippen molar-refractivity contribution in [3.63, 3.8) is 0 Å². The molecule has 1 fully saturated rings. The van der Waals surface area contributed by atoms with Gasteiger partial charge in [0.15, 0.2) is 0 Å². The maximum absolute atomic E-state index is 12.4. The third-order valence-electron chi connectivity index (χ3n) is 3.99. The van der Waals surface area contributed by atoms with E-state index < -0.39 is 11.4 Å². The molecule has 0 bridgehead atoms. The standard InChI is InChI=1S/C14H20N2O4/c1-3-5-14(13(18)19)6-4-7-16(9-14)12(17)11-10(2)8-15-20-11/h8H,3-7,9H2,1-2H3,(H,18,19). The molecule has 1 aliphatic rings. The van der Waals surface area contributed by atoms with Crippen LogP contribution in [0.5, 0.6) is 0 Å². The number of carboxylic acid groups (broad SMARTS) is 1. The van der Waals surface area contributed by atoms with Gasteiger partial charge in [-0.3, -0.25) is 9.59 Å². The molecular weight excluding hydrogens is 260 g/mol. The highest BCUT2D eigenvalue weighted by Gasteiger charge is 2.43. The number of aryl methyl sites for hydroxylation is 1. The normalized spacial score (nSPS) is 22.8. The first-order valence-electron chi connectivity index (χ1n) is 6.94. The quantitative estimate of drug-likeness (QED) is 0.913. The molecule has 1 amide bonds. The van der Waals surface area contributed by atoms with E-state index in [4.69, 9.17) is 4.52 Å². The fourth-order valence-electron chi connectivity index (χ4n) is 2.91. The van der Waals surface area contributed by atoms with Gasteiger partial charge in [0.05, 0.1) is 11.6 Å². The van der Waals surface area contributed by atoms with Crippen LogP contribution in [0.2, 0.25) is 0 Å². The lowest BCUT2D eigenvalue weighted by atomic mass is 9.76. The Hall–Kier alpha value is -1.85. The summed E-state index contributed by atoms with van der Waals surface area (Å²) in [5.74, 6) is -0.866. The average Bonchev–Trinajstić information content (AvgIpc) is 2.84. The lowest BCUT2D eigenvalue weighted by molar-refractivity contribution is -0.152. The van der Waals surface area contributed by atoms with E-state index in [0.717, 1.165) is 6.42 Å². The second kappa shape index (κ2) is 5.64. The summed E-state index contributed by atoms with van der Waals surface area (Å²) in [7, 11) is 0. The number of carbonyl (C=O) groups excluding carboxylic acids is 1. The van der Waals surface area contributed by atoms with Crippen LogP contribution in [0.3, 0.4) is 0 Å². The number of nitrogens with zero attached hydrogens (tertiary/aromatic N) is 2. The van der Waals surface area contributed by atoms with Crippen LogP contribution in [-0.4, -0.2) is 40.1 Å². The Morgan fingerprint density at radius 3 is 2.85 bits per heavy atom. The van der Waals surface area contributed by atoms with Crippen LogP contribution in [0.1, 0.15) is 48.7 Å². The summed E-state index contributed by atoms with van der Waals surface area (Å²) in [6.07, 6.45) is 4.19. The first-order chi connectivity index (χ1) is 9.50. The molecule has 0 spiro atoms. The Kier molecular flexibility index (Phi) is 4.11. The van der Waals surface area contributed by atoms with E-state index in [0.29, 0.717) is 31.4 Å². The van der Waals surface area contributed by atoms with E-state index in [9.17, 15) is 14.7 Å². The first-order valence-corrected chi connectivity index (χ1v) is 6.94. The third-order valence-corrected chi connectivity index (χ3v) is 3.99. The number of likely N-dealkylation sites (tertiary alicyclic amines) is 1. The number of hydrogen-bond donors (Lipinski definition) is 1. The van der Waals surface area contributed by atoms with E-state index in [1.807, 2.05) is 6.92 Å². The zero-order valence-corrected chi connectivity index (χ0v) is 11.9. The molecule has 0 radical (unpaired) electrons. The van der Waals surface area contributed by atoms with Gasteiger partial charge in [-0.05, 0) is 26.2 Å². The maximum atomic E-state index is 12.4. The van der Waals surface area contributed by atoms with Crippen LogP contribution in [0.15, 0.2) is 10.7 Å². The predicted octanol–water partition coefficient (Wildman–Crippen LogP) is 2.09. The zero-order chi connectivity index (χ0) is 14.8. The minimum absolute atomic E-state index is 0.211. The van der Waals surface area contributed by atoms with Crippen LogP contribution in [-0.2, 0) is 4.79 Å². The summed E-state index contributed by atoms with van der Waals surface area (Å²) in [5, 5.41) is 13.1. The fraction of sp³-hybridized carbons (Fsp3) is 0.643. The Bertz CT molecular complexity index is 507. The summed E-state index contributed by atoms with van der Waals surface area (Å²) < 4.78 is 4.98. The van der Waals surface area contributed by atoms with Gasteiger partial charge in [0.1, 0.15) is 0 Å². The van der Waals surface area contributed by atoms with Gasteiger partial charge >= 0.3 is 5.97 Å². The molecule has 1 aliphatic heterocycles. The SMILES string of the molecule is CCCC1(C(=O)O)CCCN(C(=O)c2oncc2C)C1. The molecule has 2 rings (SSSR count). The van der Waals surface area contributed by atoms with Crippen molar-refractivity contribution in [1.82, 2.24) is 10.1 Å². The molecule has 6 heteroatoms. The highest BCUT2D eigenvalue weighted by Crippen LogP contribution is 2.35. The Morgan fingerprint density at radius 1 is 1.55 bits per heavy atom. The molecule has 2 heterocycles. The molecule has 0 aliphatic carbocycles. The molecule has 1 unspecified atom stereocenters. The van der Waals surface area contributed by atoms with Gasteiger partial charge in [-0.15, -0.1) is 0 Å². The Labute approximate surface area is 117 Å². The van der Waals surface area contributed by atoms with Crippen molar-refractivity contribution in [3.05, 3.63) is 17.5 Å². The molecule has 1 atom stereocenters. The summed E-state index contributed by atoms with van der Waals surface area (Å²) in [4.78, 5) is 25.6. The Balaban J connectivity index is 2.20. The van der Waals surface area contributed by atoms with Crippen LogP contribution >= 0.6 is 0 Å². The van der Waals surface area contributed by atoms with Crippen molar-refractivity contribution < 1.29 is 19.2 Å². The van der Waals surface area contributed by atoms with Gasteiger partial charge in [0.2, 0.25) is 5.76 Å². The zero-order valence-electron chi connectivity index (χ0n) is 11.9. The van der Waals surface area contributed by atoms with Crippen LogP contribution in [0.25, 0.3) is 0 Å². The van der Waals surface area contributed by atoms with Gasteiger partial charge in [0, 0.05) is 18.7 Å². The highest BCUT2D eigenvalue weighted by atomic mass is 16.5. The molecule has 1 saturated heterocycles. The van der Waals surface area contributed by atoms with Crippen LogP contribution in [0, 0.1) is 12.3 Å². The molecule has 1 aromatic rings. The van der Waals surface area contributed by atoms with E-state index in [1.54, 1.807) is 11.8 Å². The highest BCUT2D eigenvalue weighted by molar-refractivity contribution is 5.93. The van der Waals surface area contributed by atoms with Gasteiger partial charge in [-0.25, -0.2) is 0 Å². The molecule has 0 saturated carbocycles. The average molecular weight is 280 g/mol. The number of aliphatic carboxylic acids is 1. The van der Waals surface area contributed by atoms with Crippen molar-refractivity contribution in [2.24, 2.45) is 5.41 Å². The van der Waals surface area contributed by atoms with E-state index in [1.165, 1.54) is 6.20 Å². The number of carbonyl (C=O) groups is 2. The molecular formula is C14H20N2O4. The molecule has 0 aromatic carbocycles. The second-order valence-corrected chi connectivity index (χ2v) is 5.50. The lowest BCUT2D eigenvalue weighted by Crippen LogP contribution is -2.50. The van der Waals surface area contributed by atoms with Crippen molar-refractivity contribution in [2.75, 3.05) is 13.1 Å². The molecule has 20 heavy (non-hydrogen) atoms. The van der Waals surface area contributed by atoms with Gasteiger partial charge in [-0.2, -0.15) is 0 Å². The maximum Gasteiger partial charge on any atom is 0.311 e. The summed E-state index contributed by atoms with van der Waals surface area (Å²) in [6, 6.07) is 0. The molecule has 1 N–H and O–H groups in total. The first kappa shape index (κ1) is 14.6. The van der Waals surface area contributed by atoms with Gasteiger partial charge in [-0.1, -0.05) is 18.5 Å². The van der Waals surface area contributed by atoms with E-state index in [-0.39, 0.29) is 18.2 Å². The summed E-state index contributed by atoms with van der Waals surface area (Å²) in [5.41, 5.74) is -0.145.